The minimum Gasteiger partial charge on any atom is -0.444 e. The van der Waals surface area contributed by atoms with Gasteiger partial charge in [0.15, 0.2) is 6.29 Å². The highest BCUT2D eigenvalue weighted by Gasteiger charge is 2.45. The SMILES string of the molecule is CC(C)(C)OC(=O)NCC1O[C@H](O)C(NC(=O)OC(C)(C)C)[C@@H](O)[C@@H]1O. The van der Waals surface area contributed by atoms with E-state index in [1.165, 1.54) is 0 Å². The third-order valence-corrected chi connectivity index (χ3v) is 3.25. The maximum Gasteiger partial charge on any atom is 0.408 e. The molecule has 5 atom stereocenters. The van der Waals surface area contributed by atoms with Gasteiger partial charge in [-0.25, -0.2) is 9.59 Å². The van der Waals surface area contributed by atoms with Crippen molar-refractivity contribution >= 4 is 12.2 Å². The lowest BCUT2D eigenvalue weighted by Gasteiger charge is -2.41. The first-order valence-electron chi connectivity index (χ1n) is 8.35. The largest absolute Gasteiger partial charge is 0.444 e. The van der Waals surface area contributed by atoms with Gasteiger partial charge in [-0.1, -0.05) is 0 Å². The van der Waals surface area contributed by atoms with Crippen LogP contribution in [0.25, 0.3) is 0 Å². The highest BCUT2D eigenvalue weighted by molar-refractivity contribution is 5.68. The van der Waals surface area contributed by atoms with E-state index >= 15 is 0 Å². The molecule has 0 aromatic heterocycles. The molecule has 1 saturated heterocycles. The molecule has 1 aliphatic heterocycles. The zero-order chi connectivity index (χ0) is 20.3. The van der Waals surface area contributed by atoms with Crippen molar-refractivity contribution in [1.29, 1.82) is 0 Å². The van der Waals surface area contributed by atoms with Gasteiger partial charge in [0.2, 0.25) is 0 Å². The predicted octanol–water partition coefficient (Wildman–Crippen LogP) is -0.157. The van der Waals surface area contributed by atoms with Crippen molar-refractivity contribution in [2.75, 3.05) is 6.54 Å². The Kier molecular flexibility index (Phi) is 7.23. The summed E-state index contributed by atoms with van der Waals surface area (Å²) in [5.74, 6) is 0. The van der Waals surface area contributed by atoms with Crippen LogP contribution in [-0.4, -0.2) is 75.9 Å². The topological polar surface area (TPSA) is 147 Å². The van der Waals surface area contributed by atoms with Crippen molar-refractivity contribution in [3.05, 3.63) is 0 Å². The molecule has 5 N–H and O–H groups in total. The Morgan fingerprint density at radius 2 is 1.42 bits per heavy atom. The number of carbonyl (C=O) groups excluding carboxylic acids is 2. The molecule has 0 aromatic carbocycles. The van der Waals surface area contributed by atoms with Crippen molar-refractivity contribution < 1.29 is 39.1 Å². The summed E-state index contributed by atoms with van der Waals surface area (Å²) in [7, 11) is 0. The number of nitrogens with one attached hydrogen (secondary N) is 2. The van der Waals surface area contributed by atoms with Crippen molar-refractivity contribution in [3.8, 4) is 0 Å². The number of hydrogen-bond donors (Lipinski definition) is 5. The first-order chi connectivity index (χ1) is 11.7. The van der Waals surface area contributed by atoms with E-state index in [1.54, 1.807) is 41.5 Å². The van der Waals surface area contributed by atoms with Crippen LogP contribution in [0.15, 0.2) is 0 Å². The molecule has 152 valence electrons. The fraction of sp³-hybridized carbons (Fsp3) is 0.875. The van der Waals surface area contributed by atoms with E-state index in [4.69, 9.17) is 14.2 Å². The van der Waals surface area contributed by atoms with Crippen LogP contribution in [0.4, 0.5) is 9.59 Å². The number of carbonyl (C=O) groups is 2. The lowest BCUT2D eigenvalue weighted by molar-refractivity contribution is -0.244. The molecule has 0 bridgehead atoms. The fourth-order valence-electron chi connectivity index (χ4n) is 2.21. The molecular formula is C16H30N2O8. The zero-order valence-corrected chi connectivity index (χ0v) is 16.0. The van der Waals surface area contributed by atoms with Gasteiger partial charge >= 0.3 is 12.2 Å². The van der Waals surface area contributed by atoms with Gasteiger partial charge in [0.1, 0.15) is 35.6 Å². The van der Waals surface area contributed by atoms with Crippen LogP contribution < -0.4 is 10.6 Å². The van der Waals surface area contributed by atoms with Crippen LogP contribution in [0.3, 0.4) is 0 Å². The summed E-state index contributed by atoms with van der Waals surface area (Å²) in [4.78, 5) is 23.4. The number of amides is 2. The number of ether oxygens (including phenoxy) is 3. The van der Waals surface area contributed by atoms with Gasteiger partial charge in [-0.2, -0.15) is 0 Å². The van der Waals surface area contributed by atoms with Crippen LogP contribution in [0.5, 0.6) is 0 Å². The Bertz CT molecular complexity index is 497. The van der Waals surface area contributed by atoms with E-state index in [9.17, 15) is 24.9 Å². The molecule has 0 saturated carbocycles. The number of aliphatic hydroxyl groups excluding tert-OH is 3. The molecule has 1 rings (SSSR count). The fourth-order valence-corrected chi connectivity index (χ4v) is 2.21. The third kappa shape index (κ3) is 7.32. The second-order valence-electron chi connectivity index (χ2n) is 8.10. The second kappa shape index (κ2) is 8.38. The monoisotopic (exact) mass is 378 g/mol. The summed E-state index contributed by atoms with van der Waals surface area (Å²) in [5, 5.41) is 35.0. The van der Waals surface area contributed by atoms with Gasteiger partial charge < -0.3 is 40.2 Å². The molecule has 1 fully saturated rings. The molecule has 26 heavy (non-hydrogen) atoms. The Hall–Kier alpha value is -1.62. The van der Waals surface area contributed by atoms with E-state index in [2.05, 4.69) is 10.6 Å². The standard InChI is InChI=1S/C16H30N2O8/c1-15(2,3)25-13(22)17-7-8-10(19)11(20)9(12(21)24-8)18-14(23)26-16(4,5)6/h8-12,19-21H,7H2,1-6H3,(H,17,22)(H,18,23)/t8?,9?,10-,11-,12+/m1/s1. The molecule has 0 aromatic rings. The lowest BCUT2D eigenvalue weighted by atomic mass is 9.97. The molecule has 0 spiro atoms. The van der Waals surface area contributed by atoms with Gasteiger partial charge in [0, 0.05) is 6.54 Å². The number of alkyl carbamates (subject to hydrolysis) is 2. The summed E-state index contributed by atoms with van der Waals surface area (Å²) in [6.07, 6.45) is -7.30. The van der Waals surface area contributed by atoms with E-state index in [-0.39, 0.29) is 6.54 Å². The maximum absolute atomic E-state index is 11.8. The summed E-state index contributed by atoms with van der Waals surface area (Å²) >= 11 is 0. The first-order valence-corrected chi connectivity index (χ1v) is 8.35. The quantitative estimate of drug-likeness (QED) is 0.455. The van der Waals surface area contributed by atoms with Crippen LogP contribution in [0, 0.1) is 0 Å². The van der Waals surface area contributed by atoms with Crippen molar-refractivity contribution in [2.45, 2.75) is 83.4 Å². The van der Waals surface area contributed by atoms with Crippen LogP contribution in [0.2, 0.25) is 0 Å². The van der Waals surface area contributed by atoms with E-state index in [1.807, 2.05) is 0 Å². The summed E-state index contributed by atoms with van der Waals surface area (Å²) in [6, 6.07) is -1.29. The molecule has 0 radical (unpaired) electrons. The maximum atomic E-state index is 11.8. The normalized spacial score (nSPS) is 29.7. The van der Waals surface area contributed by atoms with Gasteiger partial charge in [-0.3, -0.25) is 0 Å². The molecule has 10 heteroatoms. The second-order valence-corrected chi connectivity index (χ2v) is 8.10. The van der Waals surface area contributed by atoms with Crippen LogP contribution >= 0.6 is 0 Å². The third-order valence-electron chi connectivity index (χ3n) is 3.25. The summed E-state index contributed by atoms with van der Waals surface area (Å²) in [6.45, 7) is 9.85. The van der Waals surface area contributed by atoms with Gasteiger partial charge in [0.25, 0.3) is 0 Å². The summed E-state index contributed by atoms with van der Waals surface area (Å²) in [5.41, 5.74) is -1.47. The summed E-state index contributed by atoms with van der Waals surface area (Å²) < 4.78 is 15.3. The number of hydrogen-bond acceptors (Lipinski definition) is 8. The first kappa shape index (κ1) is 22.4. The Balaban J connectivity index is 2.60. The zero-order valence-electron chi connectivity index (χ0n) is 16.0. The minimum atomic E-state index is -1.61. The Morgan fingerprint density at radius 3 is 1.92 bits per heavy atom. The van der Waals surface area contributed by atoms with Crippen molar-refractivity contribution in [1.82, 2.24) is 10.6 Å². The molecule has 2 amide bonds. The van der Waals surface area contributed by atoms with Crippen molar-refractivity contribution in [3.63, 3.8) is 0 Å². The average molecular weight is 378 g/mol. The van der Waals surface area contributed by atoms with Crippen molar-refractivity contribution in [2.24, 2.45) is 0 Å². The molecular weight excluding hydrogens is 348 g/mol. The smallest absolute Gasteiger partial charge is 0.408 e. The lowest BCUT2D eigenvalue weighted by Crippen LogP contribution is -2.65. The predicted molar refractivity (Wildman–Crippen MR) is 90.3 cm³/mol. The number of rotatable bonds is 3. The highest BCUT2D eigenvalue weighted by atomic mass is 16.6. The minimum absolute atomic E-state index is 0.205. The molecule has 1 heterocycles. The van der Waals surface area contributed by atoms with E-state index < -0.39 is 54.0 Å². The molecule has 0 aliphatic carbocycles. The number of aliphatic hydroxyl groups is 3. The highest BCUT2D eigenvalue weighted by Crippen LogP contribution is 2.20. The molecule has 10 nitrogen and oxygen atoms in total. The van der Waals surface area contributed by atoms with E-state index in [0.29, 0.717) is 0 Å². The Morgan fingerprint density at radius 1 is 0.923 bits per heavy atom. The molecule has 2 unspecified atom stereocenters. The van der Waals surface area contributed by atoms with Crippen LogP contribution in [0.1, 0.15) is 41.5 Å². The van der Waals surface area contributed by atoms with Gasteiger partial charge in [-0.05, 0) is 41.5 Å². The van der Waals surface area contributed by atoms with E-state index in [0.717, 1.165) is 0 Å². The Labute approximate surface area is 152 Å². The molecule has 1 aliphatic rings. The average Bonchev–Trinajstić information content (AvgIpc) is 2.42. The van der Waals surface area contributed by atoms with Gasteiger partial charge in [0.05, 0.1) is 0 Å². The van der Waals surface area contributed by atoms with Gasteiger partial charge in [-0.15, -0.1) is 0 Å². The van der Waals surface area contributed by atoms with Crippen LogP contribution in [-0.2, 0) is 14.2 Å².